The number of aliphatic hydroxyl groups is 1. The first-order valence-electron chi connectivity index (χ1n) is 7.78. The Morgan fingerprint density at radius 1 is 1.32 bits per heavy atom. The van der Waals surface area contributed by atoms with Crippen molar-refractivity contribution in [3.63, 3.8) is 0 Å². The van der Waals surface area contributed by atoms with Crippen LogP contribution >= 0.6 is 15.9 Å². The van der Waals surface area contributed by atoms with Gasteiger partial charge in [0.25, 0.3) is 0 Å². The number of anilines is 1. The second-order valence-corrected chi connectivity index (χ2v) is 6.58. The highest BCUT2D eigenvalue weighted by Gasteiger charge is 2.36. The second kappa shape index (κ2) is 8.93. The van der Waals surface area contributed by atoms with Gasteiger partial charge in [0.05, 0.1) is 18.5 Å². The van der Waals surface area contributed by atoms with Crippen LogP contribution in [0.4, 0.5) is 5.69 Å². The Hall–Kier alpha value is -1.97. The molecule has 2 fully saturated rings. The van der Waals surface area contributed by atoms with E-state index in [1.54, 1.807) is 0 Å². The van der Waals surface area contributed by atoms with Crippen molar-refractivity contribution in [3.05, 3.63) is 34.6 Å². The van der Waals surface area contributed by atoms with Gasteiger partial charge >= 0.3 is 11.9 Å². The maximum absolute atomic E-state index is 9.55. The van der Waals surface area contributed by atoms with Crippen LogP contribution in [0.5, 0.6) is 0 Å². The molecule has 2 saturated heterocycles. The van der Waals surface area contributed by atoms with Gasteiger partial charge in [-0.05, 0) is 40.9 Å². The molecule has 0 saturated carbocycles. The number of carbonyl (C=O) groups is 2. The summed E-state index contributed by atoms with van der Waals surface area (Å²) in [5, 5.41) is 28.4. The Kier molecular flexibility index (Phi) is 6.91. The van der Waals surface area contributed by atoms with Crippen LogP contribution in [0, 0.1) is 5.92 Å². The zero-order chi connectivity index (χ0) is 18.4. The Morgan fingerprint density at radius 3 is 2.56 bits per heavy atom. The fraction of sp³-hybridized carbons (Fsp3) is 0.438. The number of hydrogen-bond donors (Lipinski definition) is 4. The Labute approximate surface area is 153 Å². The number of nitrogens with zero attached hydrogens (tertiary/aromatic N) is 2. The van der Waals surface area contributed by atoms with Gasteiger partial charge in [0.2, 0.25) is 0 Å². The van der Waals surface area contributed by atoms with Crippen LogP contribution in [-0.2, 0) is 16.2 Å². The van der Waals surface area contributed by atoms with Gasteiger partial charge < -0.3 is 25.5 Å². The van der Waals surface area contributed by atoms with Gasteiger partial charge in [0, 0.05) is 36.8 Å². The fourth-order valence-electron chi connectivity index (χ4n) is 2.97. The number of nitrogens with one attached hydrogen (secondary N) is 1. The first-order chi connectivity index (χ1) is 11.9. The minimum Gasteiger partial charge on any atom is -0.478 e. The van der Waals surface area contributed by atoms with E-state index in [4.69, 9.17) is 10.2 Å². The van der Waals surface area contributed by atoms with Crippen molar-refractivity contribution < 1.29 is 24.9 Å². The number of halogens is 1. The summed E-state index contributed by atoms with van der Waals surface area (Å²) in [5.74, 6) is -1.74. The van der Waals surface area contributed by atoms with E-state index in [0.29, 0.717) is 18.2 Å². The fourth-order valence-corrected chi connectivity index (χ4v) is 3.31. The topological polar surface area (TPSA) is 123 Å². The van der Waals surface area contributed by atoms with Crippen LogP contribution < -0.4 is 10.2 Å². The second-order valence-electron chi connectivity index (χ2n) is 5.83. The quantitative estimate of drug-likeness (QED) is 0.423. The lowest BCUT2D eigenvalue weighted by Crippen LogP contribution is -2.30. The predicted octanol–water partition coefficient (Wildman–Crippen LogP) is 0.846. The number of carboxylic acid groups (broad SMARTS) is 2. The molecule has 4 N–H and O–H groups in total. The van der Waals surface area contributed by atoms with E-state index in [0.717, 1.165) is 41.4 Å². The molecular formula is C16H20BrN3O5. The van der Waals surface area contributed by atoms with E-state index in [1.807, 2.05) is 12.3 Å². The molecule has 0 unspecified atom stereocenters. The molecule has 0 amide bonds. The van der Waals surface area contributed by atoms with Gasteiger partial charge in [-0.1, -0.05) is 0 Å². The number of aromatic nitrogens is 1. The highest BCUT2D eigenvalue weighted by atomic mass is 79.9. The summed E-state index contributed by atoms with van der Waals surface area (Å²) >= 11 is 3.35. The molecular weight excluding hydrogens is 394 g/mol. The van der Waals surface area contributed by atoms with Crippen LogP contribution in [0.25, 0.3) is 0 Å². The average Bonchev–Trinajstić information content (AvgIpc) is 3.15. The van der Waals surface area contributed by atoms with E-state index in [9.17, 15) is 14.7 Å². The maximum atomic E-state index is 9.55. The normalized spacial score (nSPS) is 21.8. The minimum atomic E-state index is -1.26. The Bertz CT molecular complexity index is 639. The Balaban J connectivity index is 0.000000242. The lowest BCUT2D eigenvalue weighted by Gasteiger charge is -2.20. The Morgan fingerprint density at radius 2 is 2.00 bits per heavy atom. The molecule has 3 heterocycles. The molecule has 0 aromatic carbocycles. The van der Waals surface area contributed by atoms with Crippen molar-refractivity contribution in [1.82, 2.24) is 10.3 Å². The molecule has 0 aliphatic carbocycles. The zero-order valence-electron chi connectivity index (χ0n) is 13.4. The van der Waals surface area contributed by atoms with Crippen LogP contribution in [-0.4, -0.2) is 57.9 Å². The van der Waals surface area contributed by atoms with Crippen molar-refractivity contribution >= 4 is 33.6 Å². The molecule has 2 atom stereocenters. The number of fused-ring (bicyclic) bond motifs is 1. The summed E-state index contributed by atoms with van der Waals surface area (Å²) in [6, 6.07) is 2.66. The third-order valence-electron chi connectivity index (χ3n) is 4.16. The van der Waals surface area contributed by atoms with E-state index in [1.165, 1.54) is 6.42 Å². The lowest BCUT2D eigenvalue weighted by atomic mass is 10.1. The van der Waals surface area contributed by atoms with Gasteiger partial charge in [0.1, 0.15) is 4.60 Å². The highest BCUT2D eigenvalue weighted by Crippen LogP contribution is 2.30. The summed E-state index contributed by atoms with van der Waals surface area (Å²) in [5.41, 5.74) is 1.97. The monoisotopic (exact) mass is 413 g/mol. The molecule has 0 bridgehead atoms. The van der Waals surface area contributed by atoms with Gasteiger partial charge in [0.15, 0.2) is 0 Å². The van der Waals surface area contributed by atoms with Crippen molar-refractivity contribution in [2.75, 3.05) is 24.5 Å². The third kappa shape index (κ3) is 5.52. The summed E-state index contributed by atoms with van der Waals surface area (Å²) < 4.78 is 0.737. The first-order valence-corrected chi connectivity index (χ1v) is 8.57. The van der Waals surface area contributed by atoms with Crippen LogP contribution in [0.15, 0.2) is 29.0 Å². The number of carboxylic acids is 2. The van der Waals surface area contributed by atoms with Crippen LogP contribution in [0.2, 0.25) is 0 Å². The highest BCUT2D eigenvalue weighted by molar-refractivity contribution is 9.10. The van der Waals surface area contributed by atoms with Gasteiger partial charge in [-0.3, -0.25) is 0 Å². The van der Waals surface area contributed by atoms with E-state index >= 15 is 0 Å². The van der Waals surface area contributed by atoms with Crippen LogP contribution in [0.3, 0.4) is 0 Å². The standard InChI is InChI=1S/C12H16BrN3O.C4H4O4/c13-12-9(7-17)3-10(4-15-12)16-5-8-1-2-14-11(8)6-16;5-3(6)1-2-4(7)8/h3-4,8,11,14,17H,1-2,5-7H2;1-2H,(H,5,6)(H,7,8)/b;2-1+/t8-,11+;/m1./s1. The van der Waals surface area contributed by atoms with Crippen molar-refractivity contribution in [1.29, 1.82) is 0 Å². The van der Waals surface area contributed by atoms with E-state index in [-0.39, 0.29) is 6.61 Å². The molecule has 1 aromatic rings. The number of hydrogen-bond acceptors (Lipinski definition) is 6. The molecule has 25 heavy (non-hydrogen) atoms. The third-order valence-corrected chi connectivity index (χ3v) is 4.88. The smallest absolute Gasteiger partial charge is 0.328 e. The van der Waals surface area contributed by atoms with Gasteiger partial charge in [-0.15, -0.1) is 0 Å². The lowest BCUT2D eigenvalue weighted by molar-refractivity contribution is -0.134. The molecule has 1 aromatic heterocycles. The van der Waals surface area contributed by atoms with Crippen molar-refractivity contribution in [3.8, 4) is 0 Å². The molecule has 3 rings (SSSR count). The minimum absolute atomic E-state index is 0.0281. The van der Waals surface area contributed by atoms with Crippen molar-refractivity contribution in [2.45, 2.75) is 19.1 Å². The van der Waals surface area contributed by atoms with E-state index < -0.39 is 11.9 Å². The molecule has 2 aliphatic rings. The molecule has 0 spiro atoms. The summed E-state index contributed by atoms with van der Waals surface area (Å²) in [6.07, 6.45) is 4.27. The van der Waals surface area contributed by atoms with E-state index in [2.05, 4.69) is 31.1 Å². The SMILES string of the molecule is O=C(O)/C=C/C(=O)O.OCc1cc(N2C[C@H]3CCN[C@H]3C2)cnc1Br. The maximum Gasteiger partial charge on any atom is 0.328 e. The molecule has 2 aliphatic heterocycles. The summed E-state index contributed by atoms with van der Waals surface area (Å²) in [6.45, 7) is 3.34. The first kappa shape index (κ1) is 19.4. The predicted molar refractivity (Wildman–Crippen MR) is 94.4 cm³/mol. The average molecular weight is 414 g/mol. The number of pyridine rings is 1. The van der Waals surface area contributed by atoms with Gasteiger partial charge in [-0.2, -0.15) is 0 Å². The van der Waals surface area contributed by atoms with Gasteiger partial charge in [-0.25, -0.2) is 14.6 Å². The van der Waals surface area contributed by atoms with Crippen LogP contribution in [0.1, 0.15) is 12.0 Å². The summed E-state index contributed by atoms with van der Waals surface area (Å²) in [7, 11) is 0. The number of aliphatic hydroxyl groups excluding tert-OH is 1. The molecule has 136 valence electrons. The number of rotatable bonds is 4. The summed E-state index contributed by atoms with van der Waals surface area (Å²) in [4.78, 5) is 25.8. The molecule has 0 radical (unpaired) electrons. The van der Waals surface area contributed by atoms with Crippen molar-refractivity contribution in [2.24, 2.45) is 5.92 Å². The molecule has 9 heteroatoms. The zero-order valence-corrected chi connectivity index (χ0v) is 15.0. The molecule has 8 nitrogen and oxygen atoms in total. The number of aliphatic carboxylic acids is 2. The largest absolute Gasteiger partial charge is 0.478 e.